The predicted molar refractivity (Wildman–Crippen MR) is 61.8 cm³/mol. The molecule has 0 saturated heterocycles. The average molecular weight is 217 g/mol. The van der Waals surface area contributed by atoms with Gasteiger partial charge in [0.25, 0.3) is 5.56 Å². The number of rotatable bonds is 2. The molecule has 1 N–H and O–H groups in total. The fourth-order valence-corrected chi connectivity index (χ4v) is 2.44. The van der Waals surface area contributed by atoms with Crippen molar-refractivity contribution >= 4 is 5.65 Å². The van der Waals surface area contributed by atoms with Gasteiger partial charge in [-0.15, -0.1) is 0 Å². The van der Waals surface area contributed by atoms with Crippen molar-refractivity contribution in [2.75, 3.05) is 0 Å². The molecule has 0 aliphatic heterocycles. The van der Waals surface area contributed by atoms with Crippen LogP contribution in [0.2, 0.25) is 0 Å². The Morgan fingerprint density at radius 2 is 2.38 bits per heavy atom. The molecular weight excluding hydrogens is 202 g/mol. The number of aromatic nitrogens is 3. The monoisotopic (exact) mass is 217 g/mol. The maximum absolute atomic E-state index is 12.1. The summed E-state index contributed by atoms with van der Waals surface area (Å²) in [5.41, 5.74) is 3.87. The topological polar surface area (TPSA) is 50.2 Å². The van der Waals surface area contributed by atoms with Gasteiger partial charge in [-0.3, -0.25) is 9.89 Å². The molecule has 0 spiro atoms. The lowest BCUT2D eigenvalue weighted by Gasteiger charge is -1.98. The Morgan fingerprint density at radius 1 is 1.50 bits per heavy atom. The van der Waals surface area contributed by atoms with Crippen molar-refractivity contribution in [3.05, 3.63) is 33.4 Å². The lowest BCUT2D eigenvalue weighted by molar-refractivity contribution is 0.808. The summed E-state index contributed by atoms with van der Waals surface area (Å²) in [6.45, 7) is 2.13. The number of nitrogens with one attached hydrogen (secondary N) is 1. The predicted octanol–water partition coefficient (Wildman–Crippen LogP) is 1.46. The number of H-pyrrole nitrogens is 1. The largest absolute Gasteiger partial charge is 0.294 e. The maximum Gasteiger partial charge on any atom is 0.276 e. The van der Waals surface area contributed by atoms with Crippen LogP contribution in [0.1, 0.15) is 36.7 Å². The molecule has 0 atom stereocenters. The zero-order valence-corrected chi connectivity index (χ0v) is 9.42. The summed E-state index contributed by atoms with van der Waals surface area (Å²) in [5.74, 6) is 0. The van der Waals surface area contributed by atoms with Crippen molar-refractivity contribution in [1.82, 2.24) is 14.6 Å². The van der Waals surface area contributed by atoms with Crippen molar-refractivity contribution in [2.45, 2.75) is 39.0 Å². The molecule has 4 heteroatoms. The molecule has 2 aromatic heterocycles. The Morgan fingerprint density at radius 3 is 3.19 bits per heavy atom. The summed E-state index contributed by atoms with van der Waals surface area (Å²) < 4.78 is 1.59. The average Bonchev–Trinajstić information content (AvgIpc) is 2.85. The molecule has 3 rings (SSSR count). The van der Waals surface area contributed by atoms with Gasteiger partial charge in [0.1, 0.15) is 0 Å². The number of aromatic amines is 1. The van der Waals surface area contributed by atoms with Crippen LogP contribution in [0.15, 0.2) is 10.9 Å². The number of nitrogens with zero attached hydrogens (tertiary/aromatic N) is 2. The smallest absolute Gasteiger partial charge is 0.276 e. The minimum Gasteiger partial charge on any atom is -0.294 e. The van der Waals surface area contributed by atoms with Gasteiger partial charge in [-0.05, 0) is 25.7 Å². The van der Waals surface area contributed by atoms with Gasteiger partial charge in [-0.1, -0.05) is 13.3 Å². The van der Waals surface area contributed by atoms with E-state index in [1.807, 2.05) is 6.07 Å². The molecule has 4 nitrogen and oxygen atoms in total. The molecule has 0 fully saturated rings. The molecule has 0 amide bonds. The van der Waals surface area contributed by atoms with Crippen molar-refractivity contribution in [2.24, 2.45) is 0 Å². The van der Waals surface area contributed by atoms with Gasteiger partial charge in [-0.25, -0.2) is 9.50 Å². The highest BCUT2D eigenvalue weighted by Gasteiger charge is 2.18. The minimum absolute atomic E-state index is 0.0971. The van der Waals surface area contributed by atoms with E-state index in [9.17, 15) is 4.79 Å². The van der Waals surface area contributed by atoms with Crippen LogP contribution < -0.4 is 5.56 Å². The Labute approximate surface area is 93.3 Å². The normalized spacial score (nSPS) is 14.6. The molecule has 2 heterocycles. The van der Waals surface area contributed by atoms with Crippen molar-refractivity contribution in [3.8, 4) is 0 Å². The van der Waals surface area contributed by atoms with Gasteiger partial charge in [0, 0.05) is 17.3 Å². The number of aryl methyl sites for hydroxylation is 2. The molecule has 2 aromatic rings. The van der Waals surface area contributed by atoms with E-state index in [4.69, 9.17) is 0 Å². The summed E-state index contributed by atoms with van der Waals surface area (Å²) >= 11 is 0. The first-order valence-corrected chi connectivity index (χ1v) is 5.92. The van der Waals surface area contributed by atoms with Crippen LogP contribution in [-0.4, -0.2) is 14.6 Å². The fraction of sp³-hybridized carbons (Fsp3) is 0.500. The number of hydrogen-bond donors (Lipinski definition) is 1. The molecule has 0 saturated carbocycles. The van der Waals surface area contributed by atoms with Gasteiger partial charge < -0.3 is 0 Å². The number of fused-ring (bicyclic) bond motifs is 2. The maximum atomic E-state index is 12.1. The third-order valence-corrected chi connectivity index (χ3v) is 3.21. The highest BCUT2D eigenvalue weighted by Crippen LogP contribution is 2.17. The SMILES string of the molecule is CCCc1cc2nc3c(c(=O)n2[nH]1)CCC3. The lowest BCUT2D eigenvalue weighted by Crippen LogP contribution is -2.20. The first-order chi connectivity index (χ1) is 7.79. The molecule has 0 bridgehead atoms. The van der Waals surface area contributed by atoms with Gasteiger partial charge in [0.2, 0.25) is 0 Å². The van der Waals surface area contributed by atoms with Gasteiger partial charge in [-0.2, -0.15) is 0 Å². The molecule has 0 unspecified atom stereocenters. The van der Waals surface area contributed by atoms with Crippen LogP contribution in [0.25, 0.3) is 5.65 Å². The summed E-state index contributed by atoms with van der Waals surface area (Å²) in [6.07, 6.45) is 4.93. The summed E-state index contributed by atoms with van der Waals surface area (Å²) in [6, 6.07) is 1.99. The third-order valence-electron chi connectivity index (χ3n) is 3.21. The first kappa shape index (κ1) is 9.63. The number of hydrogen-bond acceptors (Lipinski definition) is 2. The first-order valence-electron chi connectivity index (χ1n) is 5.92. The van der Waals surface area contributed by atoms with E-state index >= 15 is 0 Å². The van der Waals surface area contributed by atoms with Gasteiger partial charge >= 0.3 is 0 Å². The Hall–Kier alpha value is -1.58. The Kier molecular flexibility index (Phi) is 2.09. The molecule has 16 heavy (non-hydrogen) atoms. The summed E-state index contributed by atoms with van der Waals surface area (Å²) in [4.78, 5) is 16.7. The molecule has 1 aliphatic rings. The Bertz CT molecular complexity index is 594. The van der Waals surface area contributed by atoms with Crippen molar-refractivity contribution < 1.29 is 0 Å². The van der Waals surface area contributed by atoms with Gasteiger partial charge in [0.15, 0.2) is 5.65 Å². The van der Waals surface area contributed by atoms with E-state index in [-0.39, 0.29) is 5.56 Å². The van der Waals surface area contributed by atoms with E-state index in [1.165, 1.54) is 0 Å². The van der Waals surface area contributed by atoms with Crippen LogP contribution in [-0.2, 0) is 19.3 Å². The zero-order valence-electron chi connectivity index (χ0n) is 9.42. The van der Waals surface area contributed by atoms with Crippen LogP contribution in [0.5, 0.6) is 0 Å². The minimum atomic E-state index is 0.0971. The highest BCUT2D eigenvalue weighted by atomic mass is 16.1. The molecule has 84 valence electrons. The quantitative estimate of drug-likeness (QED) is 0.828. The van der Waals surface area contributed by atoms with E-state index < -0.39 is 0 Å². The molecule has 1 aliphatic carbocycles. The van der Waals surface area contributed by atoms with Crippen LogP contribution in [0, 0.1) is 0 Å². The molecule has 0 radical (unpaired) electrons. The van der Waals surface area contributed by atoms with E-state index in [1.54, 1.807) is 4.52 Å². The molecule has 0 aromatic carbocycles. The standard InChI is InChI=1S/C12H15N3O/c1-2-4-8-7-11-13-10-6-3-5-9(10)12(16)15(11)14-8/h7,14H,2-6H2,1H3. The van der Waals surface area contributed by atoms with Crippen LogP contribution in [0.4, 0.5) is 0 Å². The van der Waals surface area contributed by atoms with Crippen LogP contribution >= 0.6 is 0 Å². The van der Waals surface area contributed by atoms with E-state index in [2.05, 4.69) is 17.0 Å². The third kappa shape index (κ3) is 1.29. The summed E-state index contributed by atoms with van der Waals surface area (Å²) in [5, 5.41) is 3.14. The Balaban J connectivity index is 2.25. The van der Waals surface area contributed by atoms with Crippen LogP contribution in [0.3, 0.4) is 0 Å². The second-order valence-corrected chi connectivity index (χ2v) is 4.42. The van der Waals surface area contributed by atoms with Crippen molar-refractivity contribution in [1.29, 1.82) is 0 Å². The highest BCUT2D eigenvalue weighted by molar-refractivity contribution is 5.42. The second kappa shape index (κ2) is 3.47. The van der Waals surface area contributed by atoms with Gasteiger partial charge in [0.05, 0.1) is 5.69 Å². The van der Waals surface area contributed by atoms with Crippen molar-refractivity contribution in [3.63, 3.8) is 0 Å². The fourth-order valence-electron chi connectivity index (χ4n) is 2.44. The second-order valence-electron chi connectivity index (χ2n) is 4.42. The lowest BCUT2D eigenvalue weighted by atomic mass is 10.2. The van der Waals surface area contributed by atoms with E-state index in [0.29, 0.717) is 0 Å². The van der Waals surface area contributed by atoms with E-state index in [0.717, 1.165) is 54.7 Å². The molecular formula is C12H15N3O. The zero-order chi connectivity index (χ0) is 11.1. The summed E-state index contributed by atoms with van der Waals surface area (Å²) in [7, 11) is 0.